The number of amides is 1. The number of hydrogen-bond donors (Lipinski definition) is 0. The molecular formula is C16H19FN2O3S2. The van der Waals surface area contributed by atoms with Crippen molar-refractivity contribution in [2.24, 2.45) is 4.99 Å². The second-order valence-corrected chi connectivity index (χ2v) is 9.45. The smallest absolute Gasteiger partial charge is 0.248 e. The molecule has 0 radical (unpaired) electrons. The van der Waals surface area contributed by atoms with E-state index in [1.165, 1.54) is 23.9 Å². The molecule has 2 atom stereocenters. The van der Waals surface area contributed by atoms with E-state index < -0.39 is 9.84 Å². The zero-order valence-electron chi connectivity index (χ0n) is 13.3. The summed E-state index contributed by atoms with van der Waals surface area (Å²) in [6.07, 6.45) is 1.10. The molecule has 1 aromatic carbocycles. The van der Waals surface area contributed by atoms with E-state index in [9.17, 15) is 17.6 Å². The molecule has 0 unspecified atom stereocenters. The fourth-order valence-corrected chi connectivity index (χ4v) is 6.95. The predicted octanol–water partition coefficient (Wildman–Crippen LogP) is 2.22. The Morgan fingerprint density at radius 1 is 1.33 bits per heavy atom. The van der Waals surface area contributed by atoms with Gasteiger partial charge in [0, 0.05) is 18.2 Å². The van der Waals surface area contributed by atoms with Crippen LogP contribution in [0.2, 0.25) is 0 Å². The van der Waals surface area contributed by atoms with Crippen LogP contribution in [0.3, 0.4) is 0 Å². The molecule has 24 heavy (non-hydrogen) atoms. The van der Waals surface area contributed by atoms with Crippen LogP contribution in [0.25, 0.3) is 0 Å². The van der Waals surface area contributed by atoms with Gasteiger partial charge in [-0.15, -0.1) is 0 Å². The lowest BCUT2D eigenvalue weighted by atomic mass is 10.1. The monoisotopic (exact) mass is 370 g/mol. The maximum absolute atomic E-state index is 13.1. The van der Waals surface area contributed by atoms with Gasteiger partial charge in [-0.2, -0.15) is 4.99 Å². The minimum atomic E-state index is -3.06. The van der Waals surface area contributed by atoms with Crippen molar-refractivity contribution in [3.8, 4) is 0 Å². The Kier molecular flexibility index (Phi) is 4.96. The number of rotatable bonds is 4. The van der Waals surface area contributed by atoms with Gasteiger partial charge in [-0.25, -0.2) is 12.8 Å². The maximum atomic E-state index is 13.1. The summed E-state index contributed by atoms with van der Waals surface area (Å²) in [5, 5.41) is 0.492. The first kappa shape index (κ1) is 17.4. The summed E-state index contributed by atoms with van der Waals surface area (Å²) >= 11 is 1.37. The molecule has 2 fully saturated rings. The number of carbonyl (C=O) groups is 1. The Balaban J connectivity index is 1.86. The first-order valence-electron chi connectivity index (χ1n) is 7.87. The molecule has 3 rings (SSSR count). The summed E-state index contributed by atoms with van der Waals surface area (Å²) in [4.78, 5) is 18.0. The van der Waals surface area contributed by atoms with Crippen LogP contribution in [0, 0.1) is 5.82 Å². The first-order valence-corrected chi connectivity index (χ1v) is 10.6. The number of nitrogens with zero attached hydrogens (tertiary/aromatic N) is 2. The van der Waals surface area contributed by atoms with Gasteiger partial charge in [0.25, 0.3) is 0 Å². The topological polar surface area (TPSA) is 66.8 Å². The first-order chi connectivity index (χ1) is 11.4. The molecule has 1 amide bonds. The summed E-state index contributed by atoms with van der Waals surface area (Å²) in [6.45, 7) is 2.33. The van der Waals surface area contributed by atoms with Crippen LogP contribution in [0.15, 0.2) is 29.3 Å². The highest BCUT2D eigenvalue weighted by molar-refractivity contribution is 8.15. The van der Waals surface area contributed by atoms with Crippen LogP contribution >= 0.6 is 11.8 Å². The molecule has 5 nitrogen and oxygen atoms in total. The Morgan fingerprint density at radius 2 is 2.04 bits per heavy atom. The van der Waals surface area contributed by atoms with E-state index in [-0.39, 0.29) is 34.5 Å². The van der Waals surface area contributed by atoms with Crippen LogP contribution in [0.4, 0.5) is 4.39 Å². The lowest BCUT2D eigenvalue weighted by Crippen LogP contribution is -2.37. The van der Waals surface area contributed by atoms with Crippen LogP contribution in [0.5, 0.6) is 0 Å². The third-order valence-electron chi connectivity index (χ3n) is 4.13. The average Bonchev–Trinajstić information content (AvgIpc) is 2.95. The van der Waals surface area contributed by atoms with Crippen molar-refractivity contribution in [2.75, 3.05) is 11.5 Å². The van der Waals surface area contributed by atoms with Crippen LogP contribution in [-0.4, -0.2) is 47.2 Å². The zero-order chi connectivity index (χ0) is 17.3. The second kappa shape index (κ2) is 6.84. The number of aliphatic imine (C=N–C) groups is 1. The standard InChI is InChI=1S/C16H19FN2O3S2/c1-2-3-15(20)18-16-19(8-11-4-6-12(17)7-5-11)13-9-24(21,22)10-14(13)23-16/h4-7,13-14H,2-3,8-10H2,1H3/t13-,14-/m0/s1. The highest BCUT2D eigenvalue weighted by atomic mass is 32.2. The molecule has 2 aliphatic heterocycles. The van der Waals surface area contributed by atoms with Gasteiger partial charge in [-0.3, -0.25) is 4.79 Å². The quantitative estimate of drug-likeness (QED) is 0.813. The molecule has 0 saturated carbocycles. The molecular weight excluding hydrogens is 351 g/mol. The van der Waals surface area contributed by atoms with Gasteiger partial charge in [-0.05, 0) is 24.1 Å². The van der Waals surface area contributed by atoms with Gasteiger partial charge in [-0.1, -0.05) is 30.8 Å². The summed E-state index contributed by atoms with van der Waals surface area (Å²) in [5.41, 5.74) is 0.859. The van der Waals surface area contributed by atoms with E-state index in [0.29, 0.717) is 18.1 Å². The average molecular weight is 370 g/mol. The molecule has 130 valence electrons. The summed E-state index contributed by atoms with van der Waals surface area (Å²) < 4.78 is 36.9. The van der Waals surface area contributed by atoms with E-state index in [1.54, 1.807) is 12.1 Å². The minimum absolute atomic E-state index is 0.0762. The van der Waals surface area contributed by atoms with Crippen molar-refractivity contribution in [3.05, 3.63) is 35.6 Å². The number of halogens is 1. The highest BCUT2D eigenvalue weighted by Crippen LogP contribution is 2.39. The second-order valence-electron chi connectivity index (χ2n) is 6.09. The summed E-state index contributed by atoms with van der Waals surface area (Å²) in [5.74, 6) is -0.314. The van der Waals surface area contributed by atoms with Gasteiger partial charge in [0.2, 0.25) is 5.91 Å². The van der Waals surface area contributed by atoms with Crippen molar-refractivity contribution in [1.82, 2.24) is 4.90 Å². The van der Waals surface area contributed by atoms with Gasteiger partial charge in [0.05, 0.1) is 17.5 Å². The third kappa shape index (κ3) is 3.80. The number of thioether (sulfide) groups is 1. The molecule has 0 aliphatic carbocycles. The molecule has 0 N–H and O–H groups in total. The Bertz CT molecular complexity index is 762. The number of carbonyl (C=O) groups excluding carboxylic acids is 1. The van der Waals surface area contributed by atoms with Crippen LogP contribution in [0.1, 0.15) is 25.3 Å². The molecule has 2 saturated heterocycles. The van der Waals surface area contributed by atoms with E-state index >= 15 is 0 Å². The minimum Gasteiger partial charge on any atom is -0.342 e. The molecule has 2 heterocycles. The molecule has 1 aromatic rings. The van der Waals surface area contributed by atoms with Gasteiger partial charge < -0.3 is 4.90 Å². The van der Waals surface area contributed by atoms with Crippen molar-refractivity contribution in [3.63, 3.8) is 0 Å². The number of hydrogen-bond acceptors (Lipinski definition) is 4. The van der Waals surface area contributed by atoms with Crippen LogP contribution in [-0.2, 0) is 21.2 Å². The largest absolute Gasteiger partial charge is 0.342 e. The Hall–Kier alpha value is -1.41. The highest BCUT2D eigenvalue weighted by Gasteiger charge is 2.48. The number of sulfone groups is 1. The van der Waals surface area contributed by atoms with Crippen molar-refractivity contribution in [2.45, 2.75) is 37.6 Å². The van der Waals surface area contributed by atoms with Crippen molar-refractivity contribution < 1.29 is 17.6 Å². The fourth-order valence-electron chi connectivity index (χ4n) is 2.98. The summed E-state index contributed by atoms with van der Waals surface area (Å²) in [6, 6.07) is 5.91. The number of fused-ring (bicyclic) bond motifs is 1. The molecule has 0 aromatic heterocycles. The lowest BCUT2D eigenvalue weighted by molar-refractivity contribution is -0.117. The number of benzene rings is 1. The molecule has 0 spiro atoms. The zero-order valence-corrected chi connectivity index (χ0v) is 14.9. The van der Waals surface area contributed by atoms with E-state index in [4.69, 9.17) is 0 Å². The van der Waals surface area contributed by atoms with Gasteiger partial charge >= 0.3 is 0 Å². The van der Waals surface area contributed by atoms with Gasteiger partial charge in [0.15, 0.2) is 15.0 Å². The van der Waals surface area contributed by atoms with Gasteiger partial charge in [0.1, 0.15) is 5.82 Å². The predicted molar refractivity (Wildman–Crippen MR) is 93.1 cm³/mol. The van der Waals surface area contributed by atoms with E-state index in [2.05, 4.69) is 4.99 Å². The third-order valence-corrected chi connectivity index (χ3v) is 7.37. The van der Waals surface area contributed by atoms with E-state index in [1.807, 2.05) is 11.8 Å². The normalized spacial score (nSPS) is 26.8. The Morgan fingerprint density at radius 3 is 2.71 bits per heavy atom. The van der Waals surface area contributed by atoms with Crippen LogP contribution < -0.4 is 0 Å². The summed E-state index contributed by atoms with van der Waals surface area (Å²) in [7, 11) is -3.06. The molecule has 2 aliphatic rings. The molecule has 8 heteroatoms. The Labute approximate surface area is 145 Å². The van der Waals surface area contributed by atoms with Crippen molar-refractivity contribution in [1.29, 1.82) is 0 Å². The SMILES string of the molecule is CCCC(=O)N=C1S[C@H]2CS(=O)(=O)C[C@@H]2N1Cc1ccc(F)cc1. The lowest BCUT2D eigenvalue weighted by Gasteiger charge is -2.24. The number of amidine groups is 1. The maximum Gasteiger partial charge on any atom is 0.248 e. The fraction of sp³-hybridized carbons (Fsp3) is 0.500. The van der Waals surface area contributed by atoms with Crippen molar-refractivity contribution >= 4 is 32.7 Å². The van der Waals surface area contributed by atoms with E-state index in [0.717, 1.165) is 12.0 Å². The molecule has 0 bridgehead atoms.